The Bertz CT molecular complexity index is 403. The molecule has 0 aliphatic carbocycles. The topological polar surface area (TPSA) is 50.4 Å². The van der Waals surface area contributed by atoms with Gasteiger partial charge in [0.1, 0.15) is 5.75 Å². The molecule has 2 N–H and O–H groups in total. The van der Waals surface area contributed by atoms with Crippen LogP contribution >= 0.6 is 0 Å². The van der Waals surface area contributed by atoms with Crippen molar-refractivity contribution in [3.05, 3.63) is 29.8 Å². The van der Waals surface area contributed by atoms with E-state index < -0.39 is 0 Å². The van der Waals surface area contributed by atoms with Crippen LogP contribution in [0.1, 0.15) is 31.7 Å². The predicted octanol–water partition coefficient (Wildman–Crippen LogP) is 1.84. The molecule has 104 valence electrons. The van der Waals surface area contributed by atoms with Gasteiger partial charge in [0, 0.05) is 13.1 Å². The van der Waals surface area contributed by atoms with E-state index in [4.69, 9.17) is 4.74 Å². The first-order chi connectivity index (χ1) is 9.29. The number of piperidine rings is 1. The Balaban J connectivity index is 1.80. The van der Waals surface area contributed by atoms with Gasteiger partial charge in [0.05, 0.1) is 12.6 Å². The molecule has 1 heterocycles. The molecule has 0 saturated carbocycles. The van der Waals surface area contributed by atoms with Gasteiger partial charge >= 0.3 is 0 Å². The number of hydrogen-bond acceptors (Lipinski definition) is 3. The Kier molecular flexibility index (Phi) is 5.21. The van der Waals surface area contributed by atoms with Gasteiger partial charge in [-0.25, -0.2) is 0 Å². The number of carbonyl (C=O) groups is 1. The van der Waals surface area contributed by atoms with Crippen LogP contribution in [-0.2, 0) is 11.3 Å². The zero-order chi connectivity index (χ0) is 13.5. The number of ether oxygens (including phenoxy) is 1. The Hall–Kier alpha value is -1.55. The molecule has 1 saturated heterocycles. The van der Waals surface area contributed by atoms with Crippen LogP contribution in [0.4, 0.5) is 0 Å². The molecule has 1 atom stereocenters. The van der Waals surface area contributed by atoms with E-state index in [0.29, 0.717) is 6.54 Å². The first-order valence-corrected chi connectivity index (χ1v) is 7.02. The molecule has 1 amide bonds. The molecule has 1 aromatic carbocycles. The highest BCUT2D eigenvalue weighted by molar-refractivity contribution is 5.82. The predicted molar refractivity (Wildman–Crippen MR) is 75.1 cm³/mol. The summed E-state index contributed by atoms with van der Waals surface area (Å²) in [7, 11) is 0. The lowest BCUT2D eigenvalue weighted by Gasteiger charge is -2.22. The average molecular weight is 262 g/mol. The first kappa shape index (κ1) is 13.9. The number of benzene rings is 1. The summed E-state index contributed by atoms with van der Waals surface area (Å²) in [5.74, 6) is 1.02. The summed E-state index contributed by atoms with van der Waals surface area (Å²) in [6, 6.07) is 7.99. The minimum Gasteiger partial charge on any atom is -0.494 e. The highest BCUT2D eigenvalue weighted by atomic mass is 16.5. The van der Waals surface area contributed by atoms with Gasteiger partial charge in [0.2, 0.25) is 5.91 Å². The van der Waals surface area contributed by atoms with Gasteiger partial charge in [0.15, 0.2) is 0 Å². The van der Waals surface area contributed by atoms with Crippen molar-refractivity contribution in [1.29, 1.82) is 0 Å². The van der Waals surface area contributed by atoms with Crippen molar-refractivity contribution in [3.8, 4) is 5.75 Å². The van der Waals surface area contributed by atoms with Crippen molar-refractivity contribution in [1.82, 2.24) is 10.6 Å². The smallest absolute Gasteiger partial charge is 0.237 e. The zero-order valence-electron chi connectivity index (χ0n) is 11.4. The van der Waals surface area contributed by atoms with E-state index in [9.17, 15) is 4.79 Å². The molecular weight excluding hydrogens is 240 g/mol. The number of rotatable bonds is 6. The van der Waals surface area contributed by atoms with Crippen molar-refractivity contribution in [3.63, 3.8) is 0 Å². The molecule has 1 aliphatic rings. The van der Waals surface area contributed by atoms with Gasteiger partial charge in [-0.05, 0) is 37.0 Å². The number of nitrogens with one attached hydrogen (secondary N) is 2. The molecule has 1 fully saturated rings. The van der Waals surface area contributed by atoms with E-state index in [1.54, 1.807) is 0 Å². The number of amides is 1. The Morgan fingerprint density at radius 1 is 1.37 bits per heavy atom. The molecule has 0 aromatic heterocycles. The van der Waals surface area contributed by atoms with Crippen molar-refractivity contribution in [2.45, 2.75) is 38.8 Å². The van der Waals surface area contributed by atoms with Crippen LogP contribution in [0.5, 0.6) is 5.75 Å². The van der Waals surface area contributed by atoms with Crippen LogP contribution in [-0.4, -0.2) is 25.1 Å². The third kappa shape index (κ3) is 4.24. The van der Waals surface area contributed by atoms with Crippen LogP contribution in [0, 0.1) is 0 Å². The minimum absolute atomic E-state index is 0.0511. The zero-order valence-corrected chi connectivity index (χ0v) is 11.4. The van der Waals surface area contributed by atoms with Gasteiger partial charge in [-0.15, -0.1) is 0 Å². The maximum Gasteiger partial charge on any atom is 0.237 e. The van der Waals surface area contributed by atoms with E-state index in [-0.39, 0.29) is 11.9 Å². The van der Waals surface area contributed by atoms with Gasteiger partial charge < -0.3 is 15.4 Å². The van der Waals surface area contributed by atoms with Gasteiger partial charge in [-0.2, -0.15) is 0 Å². The fourth-order valence-electron chi connectivity index (χ4n) is 2.13. The quantitative estimate of drug-likeness (QED) is 0.822. The average Bonchev–Trinajstić information content (AvgIpc) is 2.45. The molecule has 1 aliphatic heterocycles. The Morgan fingerprint density at radius 3 is 2.84 bits per heavy atom. The van der Waals surface area contributed by atoms with Gasteiger partial charge in [0.25, 0.3) is 0 Å². The van der Waals surface area contributed by atoms with Crippen LogP contribution < -0.4 is 15.4 Å². The lowest BCUT2D eigenvalue weighted by Crippen LogP contribution is -2.47. The maximum absolute atomic E-state index is 11.6. The number of carbonyl (C=O) groups excluding carboxylic acids is 1. The molecule has 0 spiro atoms. The van der Waals surface area contributed by atoms with E-state index in [1.165, 1.54) is 5.56 Å². The van der Waals surface area contributed by atoms with Gasteiger partial charge in [-0.1, -0.05) is 19.1 Å². The summed E-state index contributed by atoms with van der Waals surface area (Å²) in [6.07, 6.45) is 2.98. The fourth-order valence-corrected chi connectivity index (χ4v) is 2.13. The lowest BCUT2D eigenvalue weighted by molar-refractivity contribution is -0.124. The number of hydrogen-bond donors (Lipinski definition) is 2. The molecule has 19 heavy (non-hydrogen) atoms. The largest absolute Gasteiger partial charge is 0.494 e. The second-order valence-electron chi connectivity index (χ2n) is 4.86. The third-order valence-corrected chi connectivity index (χ3v) is 3.23. The van der Waals surface area contributed by atoms with E-state index in [2.05, 4.69) is 17.6 Å². The lowest BCUT2D eigenvalue weighted by atomic mass is 10.1. The summed E-state index contributed by atoms with van der Waals surface area (Å²) in [6.45, 7) is 4.36. The normalized spacial score (nSPS) is 19.0. The second-order valence-corrected chi connectivity index (χ2v) is 4.86. The summed E-state index contributed by atoms with van der Waals surface area (Å²) in [5.41, 5.74) is 1.17. The maximum atomic E-state index is 11.6. The highest BCUT2D eigenvalue weighted by Crippen LogP contribution is 2.13. The highest BCUT2D eigenvalue weighted by Gasteiger charge is 2.20. The van der Waals surface area contributed by atoms with Crippen LogP contribution in [0.2, 0.25) is 0 Å². The standard InChI is InChI=1S/C15H22N2O2/c1-2-10-19-13-7-5-12(6-8-13)11-17-14-4-3-9-16-15(14)18/h5-8,14,17H,2-4,9-11H2,1H3,(H,16,18)/t14-/m0/s1. The molecule has 0 bridgehead atoms. The fraction of sp³-hybridized carbons (Fsp3) is 0.533. The van der Waals surface area contributed by atoms with Gasteiger partial charge in [-0.3, -0.25) is 4.79 Å². The van der Waals surface area contributed by atoms with E-state index in [0.717, 1.165) is 38.2 Å². The molecule has 0 radical (unpaired) electrons. The van der Waals surface area contributed by atoms with E-state index in [1.807, 2.05) is 24.3 Å². The summed E-state index contributed by atoms with van der Waals surface area (Å²) in [5, 5.41) is 6.18. The summed E-state index contributed by atoms with van der Waals surface area (Å²) in [4.78, 5) is 11.6. The molecule has 0 unspecified atom stereocenters. The summed E-state index contributed by atoms with van der Waals surface area (Å²) >= 11 is 0. The Labute approximate surface area is 114 Å². The molecule has 1 aromatic rings. The molecular formula is C15H22N2O2. The SMILES string of the molecule is CCCOc1ccc(CN[C@H]2CCCNC2=O)cc1. The van der Waals surface area contributed by atoms with Crippen molar-refractivity contribution in [2.24, 2.45) is 0 Å². The molecule has 4 heteroatoms. The minimum atomic E-state index is -0.0511. The van der Waals surface area contributed by atoms with Crippen LogP contribution in [0.3, 0.4) is 0 Å². The molecule has 4 nitrogen and oxygen atoms in total. The van der Waals surface area contributed by atoms with Crippen molar-refractivity contribution in [2.75, 3.05) is 13.2 Å². The Morgan fingerprint density at radius 2 is 2.16 bits per heavy atom. The molecule has 2 rings (SSSR count). The van der Waals surface area contributed by atoms with Crippen LogP contribution in [0.25, 0.3) is 0 Å². The van der Waals surface area contributed by atoms with Crippen molar-refractivity contribution < 1.29 is 9.53 Å². The van der Waals surface area contributed by atoms with E-state index >= 15 is 0 Å². The monoisotopic (exact) mass is 262 g/mol. The third-order valence-electron chi connectivity index (χ3n) is 3.23. The second kappa shape index (κ2) is 7.14. The van der Waals surface area contributed by atoms with Crippen molar-refractivity contribution >= 4 is 5.91 Å². The van der Waals surface area contributed by atoms with Crippen LogP contribution in [0.15, 0.2) is 24.3 Å². The summed E-state index contributed by atoms with van der Waals surface area (Å²) < 4.78 is 5.54. The first-order valence-electron chi connectivity index (χ1n) is 7.02.